The number of carbonyl (C=O) groups excluding carboxylic acids is 1. The Balaban J connectivity index is 2.04. The molecule has 2 rings (SSSR count). The molecule has 1 fully saturated rings. The van der Waals surface area contributed by atoms with Crippen LogP contribution in [-0.4, -0.2) is 17.4 Å². The van der Waals surface area contributed by atoms with E-state index in [-0.39, 0.29) is 17.5 Å². The van der Waals surface area contributed by atoms with Crippen LogP contribution < -0.4 is 5.32 Å². The molecular weight excluding hydrogens is 275 g/mol. The van der Waals surface area contributed by atoms with Gasteiger partial charge in [-0.15, -0.1) is 0 Å². The first-order valence-electron chi connectivity index (χ1n) is 6.02. The molecule has 0 radical (unpaired) electrons. The summed E-state index contributed by atoms with van der Waals surface area (Å²) in [5.41, 5.74) is -0.543. The van der Waals surface area contributed by atoms with Crippen molar-refractivity contribution in [2.45, 2.75) is 19.0 Å². The second kappa shape index (κ2) is 5.86. The molecule has 0 bridgehead atoms. The van der Waals surface area contributed by atoms with Gasteiger partial charge in [-0.1, -0.05) is 6.07 Å². The molecule has 0 aromatic heterocycles. The topological polar surface area (TPSA) is 29.1 Å². The van der Waals surface area contributed by atoms with E-state index in [1.807, 2.05) is 0 Å². The molecule has 19 heavy (non-hydrogen) atoms. The number of hydrogen-bond acceptors (Lipinski definition) is 2. The van der Waals surface area contributed by atoms with Gasteiger partial charge in [0.2, 0.25) is 5.91 Å². The zero-order valence-electron chi connectivity index (χ0n) is 10.2. The third kappa shape index (κ3) is 3.89. The van der Waals surface area contributed by atoms with Crippen LogP contribution in [0.15, 0.2) is 24.3 Å². The Morgan fingerprint density at radius 3 is 2.79 bits per heavy atom. The van der Waals surface area contributed by atoms with Crippen LogP contribution in [0, 0.1) is 5.92 Å². The summed E-state index contributed by atoms with van der Waals surface area (Å²) >= 11 is 1.71. The molecule has 1 N–H and O–H groups in total. The second-order valence-electron chi connectivity index (χ2n) is 4.48. The van der Waals surface area contributed by atoms with Gasteiger partial charge < -0.3 is 5.32 Å². The van der Waals surface area contributed by atoms with E-state index < -0.39 is 11.7 Å². The van der Waals surface area contributed by atoms with Crippen molar-refractivity contribution in [3.63, 3.8) is 0 Å². The Bertz CT molecular complexity index is 455. The minimum atomic E-state index is -4.39. The van der Waals surface area contributed by atoms with Crippen molar-refractivity contribution in [3.8, 4) is 0 Å². The lowest BCUT2D eigenvalue weighted by atomic mass is 10.0. The maximum Gasteiger partial charge on any atom is 0.416 e. The van der Waals surface area contributed by atoms with Gasteiger partial charge in [0, 0.05) is 17.4 Å². The Labute approximate surface area is 113 Å². The number of rotatable bonds is 2. The van der Waals surface area contributed by atoms with Crippen molar-refractivity contribution in [2.75, 3.05) is 16.8 Å². The minimum Gasteiger partial charge on any atom is -0.326 e. The summed E-state index contributed by atoms with van der Waals surface area (Å²) in [4.78, 5) is 11.9. The highest BCUT2D eigenvalue weighted by atomic mass is 32.2. The third-order valence-electron chi connectivity index (χ3n) is 2.99. The van der Waals surface area contributed by atoms with Crippen molar-refractivity contribution in [3.05, 3.63) is 29.8 Å². The van der Waals surface area contributed by atoms with E-state index in [9.17, 15) is 18.0 Å². The summed E-state index contributed by atoms with van der Waals surface area (Å²) in [6.07, 6.45) is -2.61. The number of anilines is 1. The van der Waals surface area contributed by atoms with E-state index in [0.717, 1.165) is 36.5 Å². The quantitative estimate of drug-likeness (QED) is 0.897. The zero-order valence-corrected chi connectivity index (χ0v) is 11.0. The molecule has 1 heterocycles. The zero-order chi connectivity index (χ0) is 13.9. The first kappa shape index (κ1) is 14.2. The van der Waals surface area contributed by atoms with Crippen LogP contribution in [0.25, 0.3) is 0 Å². The summed E-state index contributed by atoms with van der Waals surface area (Å²) in [6, 6.07) is 4.73. The predicted octanol–water partition coefficient (Wildman–Crippen LogP) is 3.79. The molecule has 104 valence electrons. The lowest BCUT2D eigenvalue weighted by Gasteiger charge is -2.20. The molecule has 0 aliphatic carbocycles. The van der Waals surface area contributed by atoms with Crippen LogP contribution in [0.5, 0.6) is 0 Å². The fourth-order valence-electron chi connectivity index (χ4n) is 1.97. The Kier molecular flexibility index (Phi) is 4.39. The van der Waals surface area contributed by atoms with E-state index >= 15 is 0 Å². The van der Waals surface area contributed by atoms with Crippen molar-refractivity contribution in [1.82, 2.24) is 0 Å². The molecule has 2 nitrogen and oxygen atoms in total. The molecule has 1 amide bonds. The Hall–Kier alpha value is -1.17. The van der Waals surface area contributed by atoms with Crippen LogP contribution in [0.4, 0.5) is 18.9 Å². The first-order chi connectivity index (χ1) is 8.97. The molecule has 1 aromatic carbocycles. The molecule has 1 atom stereocenters. The van der Waals surface area contributed by atoms with Crippen LogP contribution in [-0.2, 0) is 11.0 Å². The maximum atomic E-state index is 12.5. The van der Waals surface area contributed by atoms with Gasteiger partial charge in [0.25, 0.3) is 0 Å². The second-order valence-corrected chi connectivity index (χ2v) is 5.63. The molecule has 1 aliphatic rings. The fraction of sp³-hybridized carbons (Fsp3) is 0.462. The van der Waals surface area contributed by atoms with Crippen LogP contribution >= 0.6 is 11.8 Å². The molecule has 1 aliphatic heterocycles. The van der Waals surface area contributed by atoms with E-state index in [1.165, 1.54) is 12.1 Å². The molecular formula is C13H14F3NOS. The number of amides is 1. The lowest BCUT2D eigenvalue weighted by Crippen LogP contribution is -2.27. The van der Waals surface area contributed by atoms with E-state index in [1.54, 1.807) is 11.8 Å². The van der Waals surface area contributed by atoms with Crippen LogP contribution in [0.2, 0.25) is 0 Å². The number of nitrogens with one attached hydrogen (secondary N) is 1. The predicted molar refractivity (Wildman–Crippen MR) is 70.1 cm³/mol. The van der Waals surface area contributed by atoms with Gasteiger partial charge in [-0.3, -0.25) is 4.79 Å². The highest BCUT2D eigenvalue weighted by molar-refractivity contribution is 7.99. The van der Waals surface area contributed by atoms with Crippen molar-refractivity contribution < 1.29 is 18.0 Å². The lowest BCUT2D eigenvalue weighted by molar-refractivity contribution is -0.137. The summed E-state index contributed by atoms with van der Waals surface area (Å²) in [6.45, 7) is 0. The van der Waals surface area contributed by atoms with E-state index in [2.05, 4.69) is 5.32 Å². The Morgan fingerprint density at radius 2 is 2.16 bits per heavy atom. The number of alkyl halides is 3. The van der Waals surface area contributed by atoms with Gasteiger partial charge in [-0.05, 0) is 36.8 Å². The van der Waals surface area contributed by atoms with Gasteiger partial charge in [0.1, 0.15) is 0 Å². The van der Waals surface area contributed by atoms with Crippen molar-refractivity contribution >= 4 is 23.4 Å². The number of carbonyl (C=O) groups is 1. The van der Waals surface area contributed by atoms with Crippen LogP contribution in [0.3, 0.4) is 0 Å². The van der Waals surface area contributed by atoms with Crippen LogP contribution in [0.1, 0.15) is 18.4 Å². The Morgan fingerprint density at radius 1 is 1.37 bits per heavy atom. The highest BCUT2D eigenvalue weighted by Crippen LogP contribution is 2.31. The summed E-state index contributed by atoms with van der Waals surface area (Å²) in [5, 5.41) is 2.57. The molecule has 1 aromatic rings. The van der Waals surface area contributed by atoms with Gasteiger partial charge in [0.05, 0.1) is 5.56 Å². The van der Waals surface area contributed by atoms with Gasteiger partial charge in [-0.2, -0.15) is 24.9 Å². The molecule has 0 spiro atoms. The summed E-state index contributed by atoms with van der Waals surface area (Å²) in [5.74, 6) is 1.50. The highest BCUT2D eigenvalue weighted by Gasteiger charge is 2.30. The molecule has 0 saturated carbocycles. The maximum absolute atomic E-state index is 12.5. The molecule has 1 saturated heterocycles. The number of benzene rings is 1. The van der Waals surface area contributed by atoms with Gasteiger partial charge in [0.15, 0.2) is 0 Å². The minimum absolute atomic E-state index is 0.103. The van der Waals surface area contributed by atoms with Crippen molar-refractivity contribution in [2.24, 2.45) is 5.92 Å². The van der Waals surface area contributed by atoms with Gasteiger partial charge >= 0.3 is 6.18 Å². The average molecular weight is 289 g/mol. The third-order valence-corrected chi connectivity index (χ3v) is 4.20. The van der Waals surface area contributed by atoms with E-state index in [0.29, 0.717) is 0 Å². The van der Waals surface area contributed by atoms with Crippen molar-refractivity contribution in [1.29, 1.82) is 0 Å². The van der Waals surface area contributed by atoms with E-state index in [4.69, 9.17) is 0 Å². The smallest absolute Gasteiger partial charge is 0.326 e. The normalized spacial score (nSPS) is 20.1. The summed E-state index contributed by atoms with van der Waals surface area (Å²) in [7, 11) is 0. The average Bonchev–Trinajstić information content (AvgIpc) is 2.39. The molecule has 6 heteroatoms. The number of halogens is 3. The van der Waals surface area contributed by atoms with Gasteiger partial charge in [-0.25, -0.2) is 0 Å². The monoisotopic (exact) mass is 289 g/mol. The number of thioether (sulfide) groups is 1. The number of hydrogen-bond donors (Lipinski definition) is 1. The fourth-order valence-corrected chi connectivity index (χ4v) is 3.11. The molecule has 1 unspecified atom stereocenters. The standard InChI is InChI=1S/C13H14F3NOS/c14-13(15,16)10-4-1-5-11(7-10)17-12(18)9-3-2-6-19-8-9/h1,4-5,7,9H,2-3,6,8H2,(H,17,18). The first-order valence-corrected chi connectivity index (χ1v) is 7.18. The largest absolute Gasteiger partial charge is 0.416 e. The SMILES string of the molecule is O=C(Nc1cccc(C(F)(F)F)c1)C1CCCSC1. The summed E-state index contributed by atoms with van der Waals surface area (Å²) < 4.78 is 37.6.